The maximum Gasteiger partial charge on any atom is 0.412 e. The van der Waals surface area contributed by atoms with E-state index in [1.807, 2.05) is 24.3 Å². The van der Waals surface area contributed by atoms with E-state index in [1.54, 1.807) is 0 Å². The molecule has 2 aliphatic rings. The highest BCUT2D eigenvalue weighted by Gasteiger charge is 2.44. The standard InChI is InChI=1S/C16H20N2O4/c1-22-15(19)11-6-4-8-17-14(11)13-9-10-5-2-3-7-12(10)18(13)16(20)21/h2-3,5,7,11,13-14,17H,4,6,8-9H2,1H3,(H,20,21)/t11-,13+,14+/m1/s1. The van der Waals surface area contributed by atoms with Crippen molar-refractivity contribution < 1.29 is 19.4 Å². The lowest BCUT2D eigenvalue weighted by molar-refractivity contribution is -0.147. The van der Waals surface area contributed by atoms with Gasteiger partial charge in [0.25, 0.3) is 0 Å². The molecule has 6 heteroatoms. The number of rotatable bonds is 2. The number of piperidine rings is 1. The van der Waals surface area contributed by atoms with Crippen LogP contribution in [-0.4, -0.2) is 42.9 Å². The SMILES string of the molecule is COC(=O)[C@@H]1CCCN[C@@H]1[C@@H]1Cc2ccccc2N1C(=O)O. The zero-order valence-electron chi connectivity index (χ0n) is 12.5. The third-order valence-corrected chi connectivity index (χ3v) is 4.64. The number of carboxylic acid groups (broad SMARTS) is 1. The van der Waals surface area contributed by atoms with Crippen molar-refractivity contribution in [3.8, 4) is 0 Å². The number of hydrogen-bond donors (Lipinski definition) is 2. The third kappa shape index (κ3) is 2.43. The Morgan fingerprint density at radius 2 is 2.14 bits per heavy atom. The summed E-state index contributed by atoms with van der Waals surface area (Å²) < 4.78 is 4.91. The van der Waals surface area contributed by atoms with Crippen molar-refractivity contribution in [1.29, 1.82) is 0 Å². The highest BCUT2D eigenvalue weighted by atomic mass is 16.5. The molecular weight excluding hydrogens is 284 g/mol. The Balaban J connectivity index is 1.93. The first-order chi connectivity index (χ1) is 10.6. The summed E-state index contributed by atoms with van der Waals surface area (Å²) >= 11 is 0. The summed E-state index contributed by atoms with van der Waals surface area (Å²) in [6.45, 7) is 0.790. The Kier molecular flexibility index (Phi) is 4.02. The van der Waals surface area contributed by atoms with Crippen LogP contribution in [0.1, 0.15) is 18.4 Å². The van der Waals surface area contributed by atoms with Crippen molar-refractivity contribution in [2.75, 3.05) is 18.6 Å². The van der Waals surface area contributed by atoms with Gasteiger partial charge in [0.05, 0.1) is 24.8 Å². The topological polar surface area (TPSA) is 78.9 Å². The van der Waals surface area contributed by atoms with Gasteiger partial charge in [0.1, 0.15) is 0 Å². The van der Waals surface area contributed by atoms with Crippen LogP contribution < -0.4 is 10.2 Å². The van der Waals surface area contributed by atoms with Gasteiger partial charge in [0.15, 0.2) is 0 Å². The van der Waals surface area contributed by atoms with E-state index in [9.17, 15) is 14.7 Å². The van der Waals surface area contributed by atoms with E-state index in [-0.39, 0.29) is 24.0 Å². The zero-order chi connectivity index (χ0) is 15.7. The molecule has 2 N–H and O–H groups in total. The van der Waals surface area contributed by atoms with Gasteiger partial charge in [0.2, 0.25) is 0 Å². The second kappa shape index (κ2) is 5.96. The van der Waals surface area contributed by atoms with Crippen molar-refractivity contribution >= 4 is 17.7 Å². The number of carbonyl (C=O) groups is 2. The molecule has 1 fully saturated rings. The number of para-hydroxylation sites is 1. The molecule has 1 aromatic rings. The molecule has 3 rings (SSSR count). The zero-order valence-corrected chi connectivity index (χ0v) is 12.5. The molecule has 0 radical (unpaired) electrons. The number of fused-ring (bicyclic) bond motifs is 1. The number of benzene rings is 1. The number of carbonyl (C=O) groups excluding carboxylic acids is 1. The summed E-state index contributed by atoms with van der Waals surface area (Å²) in [6.07, 6.45) is 1.26. The summed E-state index contributed by atoms with van der Waals surface area (Å²) in [6, 6.07) is 7.01. The molecule has 0 aliphatic carbocycles. The van der Waals surface area contributed by atoms with E-state index in [4.69, 9.17) is 4.74 Å². The summed E-state index contributed by atoms with van der Waals surface area (Å²) in [5.74, 6) is -0.571. The van der Waals surface area contributed by atoms with E-state index in [1.165, 1.54) is 12.0 Å². The van der Waals surface area contributed by atoms with Gasteiger partial charge in [-0.3, -0.25) is 9.69 Å². The predicted octanol–water partition coefficient (Wildman–Crippen LogP) is 1.64. The van der Waals surface area contributed by atoms with E-state index in [2.05, 4.69) is 5.32 Å². The second-order valence-corrected chi connectivity index (χ2v) is 5.80. The number of nitrogens with one attached hydrogen (secondary N) is 1. The lowest BCUT2D eigenvalue weighted by atomic mass is 9.85. The quantitative estimate of drug-likeness (QED) is 0.812. The van der Waals surface area contributed by atoms with Crippen molar-refractivity contribution in [2.24, 2.45) is 5.92 Å². The molecule has 2 heterocycles. The molecule has 0 spiro atoms. The molecule has 3 atom stereocenters. The maximum absolute atomic E-state index is 12.1. The average molecular weight is 304 g/mol. The molecule has 0 saturated carbocycles. The van der Waals surface area contributed by atoms with Crippen molar-refractivity contribution in [2.45, 2.75) is 31.3 Å². The summed E-state index contributed by atoms with van der Waals surface area (Å²) in [7, 11) is 1.38. The molecule has 1 aromatic carbocycles. The number of esters is 1. The van der Waals surface area contributed by atoms with Crippen molar-refractivity contribution in [1.82, 2.24) is 5.32 Å². The minimum Gasteiger partial charge on any atom is -0.469 e. The Labute approximate surface area is 129 Å². The Hall–Kier alpha value is -2.08. The summed E-state index contributed by atoms with van der Waals surface area (Å²) in [4.78, 5) is 25.2. The normalized spacial score (nSPS) is 27.3. The molecule has 22 heavy (non-hydrogen) atoms. The minimum atomic E-state index is -0.981. The van der Waals surface area contributed by atoms with Gasteiger partial charge in [-0.15, -0.1) is 0 Å². The molecule has 1 saturated heterocycles. The van der Waals surface area contributed by atoms with E-state index in [0.717, 1.165) is 30.6 Å². The van der Waals surface area contributed by atoms with Crippen LogP contribution in [-0.2, 0) is 16.0 Å². The van der Waals surface area contributed by atoms with Crippen LogP contribution in [0.15, 0.2) is 24.3 Å². The van der Waals surface area contributed by atoms with Crippen molar-refractivity contribution in [3.05, 3.63) is 29.8 Å². The molecular formula is C16H20N2O4. The number of nitrogens with zero attached hydrogens (tertiary/aromatic N) is 1. The van der Waals surface area contributed by atoms with Crippen LogP contribution in [0, 0.1) is 5.92 Å². The maximum atomic E-state index is 12.1. The van der Waals surface area contributed by atoms with Crippen LogP contribution in [0.5, 0.6) is 0 Å². The molecule has 118 valence electrons. The first-order valence-electron chi connectivity index (χ1n) is 7.54. The average Bonchev–Trinajstić information content (AvgIpc) is 2.93. The summed E-state index contributed by atoms with van der Waals surface area (Å²) in [5.41, 5.74) is 1.72. The van der Waals surface area contributed by atoms with Gasteiger partial charge in [-0.2, -0.15) is 0 Å². The summed E-state index contributed by atoms with van der Waals surface area (Å²) in [5, 5.41) is 13.0. The molecule has 1 amide bonds. The number of methoxy groups -OCH3 is 1. The van der Waals surface area contributed by atoms with Crippen molar-refractivity contribution in [3.63, 3.8) is 0 Å². The fourth-order valence-electron chi connectivity index (χ4n) is 3.68. The molecule has 6 nitrogen and oxygen atoms in total. The molecule has 0 aromatic heterocycles. The van der Waals surface area contributed by atoms with E-state index < -0.39 is 6.09 Å². The first kappa shape index (κ1) is 14.8. The fraction of sp³-hybridized carbons (Fsp3) is 0.500. The Morgan fingerprint density at radius 3 is 2.86 bits per heavy atom. The third-order valence-electron chi connectivity index (χ3n) is 4.64. The number of ether oxygens (including phenoxy) is 1. The Bertz CT molecular complexity index is 589. The lowest BCUT2D eigenvalue weighted by Gasteiger charge is -2.37. The van der Waals surface area contributed by atoms with Gasteiger partial charge < -0.3 is 15.2 Å². The fourth-order valence-corrected chi connectivity index (χ4v) is 3.68. The number of amides is 1. The van der Waals surface area contributed by atoms with Crippen LogP contribution in [0.3, 0.4) is 0 Å². The van der Waals surface area contributed by atoms with Gasteiger partial charge in [-0.05, 0) is 37.4 Å². The van der Waals surface area contributed by atoms with Crippen LogP contribution in [0.2, 0.25) is 0 Å². The molecule has 0 bridgehead atoms. The smallest absolute Gasteiger partial charge is 0.412 e. The van der Waals surface area contributed by atoms with Gasteiger partial charge in [-0.1, -0.05) is 18.2 Å². The largest absolute Gasteiger partial charge is 0.469 e. The van der Waals surface area contributed by atoms with E-state index >= 15 is 0 Å². The monoisotopic (exact) mass is 304 g/mol. The van der Waals surface area contributed by atoms with Gasteiger partial charge in [0, 0.05) is 6.04 Å². The van der Waals surface area contributed by atoms with E-state index in [0.29, 0.717) is 6.42 Å². The predicted molar refractivity (Wildman–Crippen MR) is 81.0 cm³/mol. The number of hydrogen-bond acceptors (Lipinski definition) is 4. The first-order valence-corrected chi connectivity index (χ1v) is 7.54. The van der Waals surface area contributed by atoms with Crippen LogP contribution in [0.4, 0.5) is 10.5 Å². The Morgan fingerprint density at radius 1 is 1.36 bits per heavy atom. The van der Waals surface area contributed by atoms with Crippen LogP contribution in [0.25, 0.3) is 0 Å². The highest BCUT2D eigenvalue weighted by molar-refractivity contribution is 5.90. The number of anilines is 1. The van der Waals surface area contributed by atoms with Gasteiger partial charge >= 0.3 is 12.1 Å². The molecule has 2 aliphatic heterocycles. The molecule has 0 unspecified atom stereocenters. The van der Waals surface area contributed by atoms with Crippen LogP contribution >= 0.6 is 0 Å². The highest BCUT2D eigenvalue weighted by Crippen LogP contribution is 2.36. The second-order valence-electron chi connectivity index (χ2n) is 5.80. The van der Waals surface area contributed by atoms with Gasteiger partial charge in [-0.25, -0.2) is 4.79 Å². The lowest BCUT2D eigenvalue weighted by Crippen LogP contribution is -2.58. The minimum absolute atomic E-state index is 0.218.